The summed E-state index contributed by atoms with van der Waals surface area (Å²) < 4.78 is 34.3. The van der Waals surface area contributed by atoms with Crippen molar-refractivity contribution >= 4 is 32.3 Å². The maximum absolute atomic E-state index is 12.9. The molecule has 2 atom stereocenters. The monoisotopic (exact) mass is 441 g/mol. The fourth-order valence-electron chi connectivity index (χ4n) is 3.91. The van der Waals surface area contributed by atoms with E-state index in [1.165, 1.54) is 24.3 Å². The highest BCUT2D eigenvalue weighted by atomic mass is 32.2. The van der Waals surface area contributed by atoms with Gasteiger partial charge in [0.2, 0.25) is 0 Å². The first-order valence-electron chi connectivity index (χ1n) is 9.97. The molecule has 1 aliphatic heterocycles. The van der Waals surface area contributed by atoms with Crippen molar-refractivity contribution in [2.24, 2.45) is 0 Å². The largest absolute Gasteiger partial charge is 0.369 e. The van der Waals surface area contributed by atoms with Crippen LogP contribution in [0.15, 0.2) is 36.8 Å². The van der Waals surface area contributed by atoms with Crippen molar-refractivity contribution in [2.45, 2.75) is 19.1 Å². The number of fused-ring (bicyclic) bond motifs is 2. The van der Waals surface area contributed by atoms with Crippen LogP contribution in [0.3, 0.4) is 0 Å². The minimum Gasteiger partial charge on any atom is -0.369 e. The van der Waals surface area contributed by atoms with E-state index in [0.717, 1.165) is 21.8 Å². The Morgan fingerprint density at radius 3 is 2.81 bits per heavy atom. The van der Waals surface area contributed by atoms with Gasteiger partial charge in [0.25, 0.3) is 0 Å². The van der Waals surface area contributed by atoms with Crippen LogP contribution in [-0.2, 0) is 14.9 Å². The van der Waals surface area contributed by atoms with E-state index >= 15 is 0 Å². The highest BCUT2D eigenvalue weighted by Gasteiger charge is 2.30. The lowest BCUT2D eigenvalue weighted by molar-refractivity contribution is -0.00182. The van der Waals surface area contributed by atoms with Crippen LogP contribution in [0.4, 0.5) is 0 Å². The number of aromatic nitrogens is 5. The lowest BCUT2D eigenvalue weighted by atomic mass is 10.0. The van der Waals surface area contributed by atoms with E-state index in [4.69, 9.17) is 14.7 Å². The number of aromatic amines is 1. The number of nitrogens with one attached hydrogen (secondary N) is 2. The van der Waals surface area contributed by atoms with Gasteiger partial charge < -0.3 is 15.0 Å². The number of nitrogens with zero attached hydrogens (tertiary/aromatic N) is 5. The first-order valence-corrected chi connectivity index (χ1v) is 11.4. The molecule has 10 nitrogen and oxygen atoms in total. The van der Waals surface area contributed by atoms with Crippen LogP contribution in [-0.4, -0.2) is 69.9 Å². The highest BCUT2D eigenvalue weighted by Crippen LogP contribution is 2.33. The molecule has 5 rings (SSSR count). The zero-order chi connectivity index (χ0) is 21.8. The second kappa shape index (κ2) is 7.38. The van der Waals surface area contributed by atoms with Crippen molar-refractivity contribution < 1.29 is 13.2 Å². The summed E-state index contributed by atoms with van der Waals surface area (Å²) in [4.78, 5) is 17.0. The van der Waals surface area contributed by atoms with Gasteiger partial charge in [-0.3, -0.25) is 0 Å². The number of H-pyrrole nitrogens is 1. The van der Waals surface area contributed by atoms with Crippen LogP contribution in [0, 0.1) is 0 Å². The molecule has 31 heavy (non-hydrogen) atoms. The average Bonchev–Trinajstić information content (AvgIpc) is 3.40. The van der Waals surface area contributed by atoms with E-state index in [9.17, 15) is 8.42 Å². The minimum atomic E-state index is -3.77. The zero-order valence-corrected chi connectivity index (χ0v) is 18.2. The van der Waals surface area contributed by atoms with Crippen molar-refractivity contribution in [1.29, 1.82) is 0 Å². The minimum absolute atomic E-state index is 0.0122. The summed E-state index contributed by atoms with van der Waals surface area (Å²) >= 11 is 0. The fourth-order valence-corrected chi connectivity index (χ4v) is 4.83. The molecule has 0 amide bonds. The van der Waals surface area contributed by atoms with Gasteiger partial charge in [0.15, 0.2) is 11.5 Å². The molecule has 1 aliphatic rings. The Bertz CT molecular complexity index is 1380. The number of hydrogen-bond donors (Lipinski definition) is 2. The van der Waals surface area contributed by atoms with Gasteiger partial charge in [-0.2, -0.15) is 12.7 Å². The normalized spacial score (nSPS) is 20.1. The molecule has 0 aromatic carbocycles. The molecular weight excluding hydrogens is 418 g/mol. The first-order chi connectivity index (χ1) is 14.9. The predicted octanol–water partition coefficient (Wildman–Crippen LogP) is 1.68. The van der Waals surface area contributed by atoms with Crippen molar-refractivity contribution in [2.75, 3.05) is 27.2 Å². The molecular formula is C20H23N7O3S. The topological polar surface area (TPSA) is 118 Å². The number of hydrogen-bond acceptors (Lipinski definition) is 7. The molecule has 4 aromatic heterocycles. The molecule has 0 bridgehead atoms. The SMILES string of the molecule is CC1NCCOC1c1nc(-c2ccnc3[nH]ccc23)nc2c1ccn2S(=O)(=O)N(C)C. The van der Waals surface area contributed by atoms with Gasteiger partial charge in [0.1, 0.15) is 11.8 Å². The molecule has 162 valence electrons. The second-order valence-corrected chi connectivity index (χ2v) is 9.72. The molecule has 1 fully saturated rings. The predicted molar refractivity (Wildman–Crippen MR) is 117 cm³/mol. The third kappa shape index (κ3) is 3.21. The molecule has 0 saturated carbocycles. The third-order valence-corrected chi connectivity index (χ3v) is 7.26. The quantitative estimate of drug-likeness (QED) is 0.495. The maximum Gasteiger partial charge on any atom is 0.308 e. The Morgan fingerprint density at radius 1 is 1.19 bits per heavy atom. The number of rotatable bonds is 4. The van der Waals surface area contributed by atoms with Crippen LogP contribution >= 0.6 is 0 Å². The van der Waals surface area contributed by atoms with Gasteiger partial charge in [-0.15, -0.1) is 0 Å². The van der Waals surface area contributed by atoms with E-state index < -0.39 is 10.2 Å². The lowest BCUT2D eigenvalue weighted by Crippen LogP contribution is -2.41. The lowest BCUT2D eigenvalue weighted by Gasteiger charge is -2.30. The molecule has 2 unspecified atom stereocenters. The standard InChI is InChI=1S/C20H23N7O3S/c1-12-17(30-11-9-21-12)16-15-6-10-27(31(28,29)26(2)3)20(15)25-19(24-16)14-5-8-23-18-13(14)4-7-22-18/h4-8,10,12,17,21H,9,11H2,1-3H3,(H,22,23). The number of ether oxygens (including phenoxy) is 1. The second-order valence-electron chi connectivity index (χ2n) is 7.70. The summed E-state index contributed by atoms with van der Waals surface area (Å²) in [5.74, 6) is 0.421. The number of morpholine rings is 1. The Balaban J connectivity index is 1.81. The summed E-state index contributed by atoms with van der Waals surface area (Å²) in [6.45, 7) is 3.33. The molecule has 2 N–H and O–H groups in total. The van der Waals surface area contributed by atoms with Crippen molar-refractivity contribution in [3.05, 3.63) is 42.5 Å². The van der Waals surface area contributed by atoms with Crippen LogP contribution in [0.25, 0.3) is 33.5 Å². The van der Waals surface area contributed by atoms with E-state index in [1.54, 1.807) is 18.5 Å². The summed E-state index contributed by atoms with van der Waals surface area (Å²) in [5.41, 5.74) is 2.45. The van der Waals surface area contributed by atoms with Crippen LogP contribution < -0.4 is 5.32 Å². The Kier molecular flexibility index (Phi) is 4.77. The molecule has 1 saturated heterocycles. The molecule has 5 heterocycles. The maximum atomic E-state index is 12.9. The number of pyridine rings is 1. The van der Waals surface area contributed by atoms with Crippen molar-refractivity contribution in [3.63, 3.8) is 0 Å². The molecule has 0 spiro atoms. The summed E-state index contributed by atoms with van der Waals surface area (Å²) in [6, 6.07) is 5.48. The third-order valence-electron chi connectivity index (χ3n) is 5.54. The van der Waals surface area contributed by atoms with E-state index in [1.807, 2.05) is 19.1 Å². The van der Waals surface area contributed by atoms with Gasteiger partial charge in [-0.05, 0) is 25.1 Å². The zero-order valence-electron chi connectivity index (χ0n) is 17.4. The Labute approximate surface area is 179 Å². The van der Waals surface area contributed by atoms with Gasteiger partial charge in [0.05, 0.1) is 12.3 Å². The molecule has 11 heteroatoms. The molecule has 4 aromatic rings. The summed E-state index contributed by atoms with van der Waals surface area (Å²) in [6.07, 6.45) is 4.66. The van der Waals surface area contributed by atoms with Gasteiger partial charge in [0, 0.05) is 61.6 Å². The van der Waals surface area contributed by atoms with Gasteiger partial charge in [-0.1, -0.05) is 0 Å². The van der Waals surface area contributed by atoms with Gasteiger partial charge >= 0.3 is 10.2 Å². The van der Waals surface area contributed by atoms with E-state index in [0.29, 0.717) is 34.8 Å². The Morgan fingerprint density at radius 2 is 2.03 bits per heavy atom. The van der Waals surface area contributed by atoms with E-state index in [-0.39, 0.29) is 12.1 Å². The summed E-state index contributed by atoms with van der Waals surface area (Å²) in [7, 11) is -0.782. The van der Waals surface area contributed by atoms with Crippen molar-refractivity contribution in [1.82, 2.24) is 33.5 Å². The molecule has 0 radical (unpaired) electrons. The van der Waals surface area contributed by atoms with Crippen LogP contribution in [0.1, 0.15) is 18.7 Å². The Hall–Kier alpha value is -2.86. The average molecular weight is 442 g/mol. The van der Waals surface area contributed by atoms with Gasteiger partial charge in [-0.25, -0.2) is 18.9 Å². The molecule has 0 aliphatic carbocycles. The van der Waals surface area contributed by atoms with Crippen LogP contribution in [0.5, 0.6) is 0 Å². The first kappa shape index (κ1) is 20.1. The van der Waals surface area contributed by atoms with Crippen molar-refractivity contribution in [3.8, 4) is 11.4 Å². The highest BCUT2D eigenvalue weighted by molar-refractivity contribution is 7.87. The van der Waals surface area contributed by atoms with Crippen LogP contribution in [0.2, 0.25) is 0 Å². The summed E-state index contributed by atoms with van der Waals surface area (Å²) in [5, 5.41) is 4.91. The fraction of sp³-hybridized carbons (Fsp3) is 0.350. The van der Waals surface area contributed by atoms with E-state index in [2.05, 4.69) is 15.3 Å². The smallest absolute Gasteiger partial charge is 0.308 e.